The molecular weight excluding hydrogens is 544 g/mol. The molecule has 40 heavy (non-hydrogen) atoms. The summed E-state index contributed by atoms with van der Waals surface area (Å²) in [5.41, 5.74) is 1.92. The lowest BCUT2D eigenvalue weighted by molar-refractivity contribution is 0.288. The van der Waals surface area contributed by atoms with Gasteiger partial charge in [0.05, 0.1) is 15.5 Å². The Bertz CT molecular complexity index is 1800. The topological polar surface area (TPSA) is 113 Å². The summed E-state index contributed by atoms with van der Waals surface area (Å²) in [4.78, 5) is -0.302. The summed E-state index contributed by atoms with van der Waals surface area (Å²) in [6.45, 7) is 3.05. The normalized spacial score (nSPS) is 15.6. The molecule has 5 rings (SSSR count). The monoisotopic (exact) mass is 572 g/mol. The predicted octanol–water partition coefficient (Wildman–Crippen LogP) is 5.30. The number of nitriles is 1. The van der Waals surface area contributed by atoms with Gasteiger partial charge in [-0.25, -0.2) is 21.5 Å². The van der Waals surface area contributed by atoms with Gasteiger partial charge in [0, 0.05) is 30.4 Å². The molecular formula is C30H28N4O4S2. The number of para-hydroxylation sites is 1. The van der Waals surface area contributed by atoms with Gasteiger partial charge < -0.3 is 0 Å². The fourth-order valence-corrected chi connectivity index (χ4v) is 7.33. The Hall–Kier alpha value is -4.04. The third-order valence-electron chi connectivity index (χ3n) is 6.99. The number of benzene rings is 3. The molecule has 0 bridgehead atoms. The smallest absolute Gasteiger partial charge is 0.240 e. The van der Waals surface area contributed by atoms with E-state index in [0.29, 0.717) is 35.8 Å². The maximum atomic E-state index is 13.5. The van der Waals surface area contributed by atoms with Gasteiger partial charge in [-0.2, -0.15) is 14.7 Å². The summed E-state index contributed by atoms with van der Waals surface area (Å²) < 4.78 is 56.6. The molecule has 1 fully saturated rings. The summed E-state index contributed by atoms with van der Waals surface area (Å²) in [6, 6.07) is 25.3. The standard InChI is InChI=1S/C30H28N4O4S2/c1-23-15-17-33(18-16-23)40(37,38)28-14-8-9-24(19-28)30-25(22-34(32-30)26-10-4-2-5-11-26)20-29(21-31)39(35,36)27-12-6-3-7-13-27/h2-14,19-20,22-23H,15-18H2,1H3. The molecule has 1 saturated heterocycles. The van der Waals surface area contributed by atoms with Gasteiger partial charge in [0.15, 0.2) is 0 Å². The number of hydrogen-bond acceptors (Lipinski definition) is 6. The van der Waals surface area contributed by atoms with E-state index in [4.69, 9.17) is 5.10 Å². The van der Waals surface area contributed by atoms with Crippen LogP contribution in [-0.4, -0.2) is 44.0 Å². The number of sulfone groups is 1. The van der Waals surface area contributed by atoms with Crippen molar-refractivity contribution < 1.29 is 16.8 Å². The van der Waals surface area contributed by atoms with Crippen LogP contribution in [0, 0.1) is 17.2 Å². The van der Waals surface area contributed by atoms with Crippen LogP contribution in [0.15, 0.2) is 106 Å². The second kappa shape index (κ2) is 11.2. The fraction of sp³-hybridized carbons (Fsp3) is 0.200. The maximum Gasteiger partial charge on any atom is 0.243 e. The Morgan fingerprint density at radius 2 is 1.52 bits per heavy atom. The third kappa shape index (κ3) is 5.49. The van der Waals surface area contributed by atoms with E-state index in [1.165, 1.54) is 22.5 Å². The lowest BCUT2D eigenvalue weighted by atomic mass is 10.0. The predicted molar refractivity (Wildman–Crippen MR) is 153 cm³/mol. The zero-order valence-electron chi connectivity index (χ0n) is 21.9. The van der Waals surface area contributed by atoms with Gasteiger partial charge in [0.2, 0.25) is 19.9 Å². The van der Waals surface area contributed by atoms with Crippen molar-refractivity contribution in [2.24, 2.45) is 5.92 Å². The van der Waals surface area contributed by atoms with Crippen LogP contribution in [-0.2, 0) is 19.9 Å². The zero-order chi connectivity index (χ0) is 28.3. The first-order valence-corrected chi connectivity index (χ1v) is 15.8. The van der Waals surface area contributed by atoms with E-state index in [-0.39, 0.29) is 9.79 Å². The number of rotatable bonds is 7. The second-order valence-corrected chi connectivity index (χ2v) is 13.6. The molecule has 0 saturated carbocycles. The van der Waals surface area contributed by atoms with Crippen molar-refractivity contribution in [1.29, 1.82) is 5.26 Å². The summed E-state index contributed by atoms with van der Waals surface area (Å²) in [6.07, 6.45) is 4.54. The van der Waals surface area contributed by atoms with E-state index in [1.807, 2.05) is 36.4 Å². The first kappa shape index (κ1) is 27.5. The molecule has 4 aromatic rings. The largest absolute Gasteiger partial charge is 0.243 e. The Kier molecular flexibility index (Phi) is 7.72. The van der Waals surface area contributed by atoms with E-state index in [9.17, 15) is 22.1 Å². The van der Waals surface area contributed by atoms with Crippen LogP contribution in [0.3, 0.4) is 0 Å². The molecule has 1 aromatic heterocycles. The van der Waals surface area contributed by atoms with Crippen molar-refractivity contribution >= 4 is 25.9 Å². The minimum absolute atomic E-state index is 0.00346. The SMILES string of the molecule is CC1CCN(S(=O)(=O)c2cccc(-c3nn(-c4ccccc4)cc3C=C(C#N)S(=O)(=O)c3ccccc3)c2)CC1. The maximum absolute atomic E-state index is 13.5. The molecule has 0 N–H and O–H groups in total. The average molecular weight is 573 g/mol. The molecule has 0 radical (unpaired) electrons. The van der Waals surface area contributed by atoms with Gasteiger partial charge in [0.1, 0.15) is 16.7 Å². The highest BCUT2D eigenvalue weighted by Gasteiger charge is 2.29. The van der Waals surface area contributed by atoms with Crippen molar-refractivity contribution in [2.45, 2.75) is 29.6 Å². The van der Waals surface area contributed by atoms with Crippen molar-refractivity contribution in [2.75, 3.05) is 13.1 Å². The van der Waals surface area contributed by atoms with Gasteiger partial charge in [-0.3, -0.25) is 0 Å². The van der Waals surface area contributed by atoms with Gasteiger partial charge in [0.25, 0.3) is 0 Å². The first-order valence-electron chi connectivity index (χ1n) is 12.9. The summed E-state index contributed by atoms with van der Waals surface area (Å²) in [5, 5.41) is 14.6. The Morgan fingerprint density at radius 3 is 2.17 bits per heavy atom. The van der Waals surface area contributed by atoms with E-state index in [1.54, 1.807) is 53.3 Å². The Labute approximate surface area is 234 Å². The first-order chi connectivity index (χ1) is 19.2. The summed E-state index contributed by atoms with van der Waals surface area (Å²) >= 11 is 0. The van der Waals surface area contributed by atoms with Gasteiger partial charge in [-0.05, 0) is 61.2 Å². The Morgan fingerprint density at radius 1 is 0.900 bits per heavy atom. The van der Waals surface area contributed by atoms with Gasteiger partial charge in [-0.15, -0.1) is 0 Å². The van der Waals surface area contributed by atoms with Gasteiger partial charge in [-0.1, -0.05) is 55.5 Å². The molecule has 1 aliphatic heterocycles. The number of aromatic nitrogens is 2. The highest BCUT2D eigenvalue weighted by molar-refractivity contribution is 7.95. The molecule has 8 nitrogen and oxygen atoms in total. The van der Waals surface area contributed by atoms with Crippen LogP contribution < -0.4 is 0 Å². The number of nitrogens with zero attached hydrogens (tertiary/aromatic N) is 4. The lowest BCUT2D eigenvalue weighted by Crippen LogP contribution is -2.37. The van der Waals surface area contributed by atoms with Crippen molar-refractivity contribution in [3.05, 3.63) is 102 Å². The minimum Gasteiger partial charge on any atom is -0.240 e. The van der Waals surface area contributed by atoms with Crippen molar-refractivity contribution in [3.8, 4) is 23.0 Å². The quantitative estimate of drug-likeness (QED) is 0.278. The van der Waals surface area contributed by atoms with Crippen molar-refractivity contribution in [1.82, 2.24) is 14.1 Å². The van der Waals surface area contributed by atoms with Crippen LogP contribution in [0.1, 0.15) is 25.3 Å². The van der Waals surface area contributed by atoms with Crippen LogP contribution in [0.5, 0.6) is 0 Å². The molecule has 2 heterocycles. The van der Waals surface area contributed by atoms with E-state index in [0.717, 1.165) is 18.5 Å². The summed E-state index contributed by atoms with van der Waals surface area (Å²) in [7, 11) is -7.82. The molecule has 0 unspecified atom stereocenters. The van der Waals surface area contributed by atoms with Crippen LogP contribution in [0.2, 0.25) is 0 Å². The minimum atomic E-state index is -4.09. The molecule has 0 atom stereocenters. The molecule has 0 spiro atoms. The van der Waals surface area contributed by atoms with E-state index < -0.39 is 24.8 Å². The number of piperidine rings is 1. The lowest BCUT2D eigenvalue weighted by Gasteiger charge is -2.29. The van der Waals surface area contributed by atoms with Crippen molar-refractivity contribution in [3.63, 3.8) is 0 Å². The number of allylic oxidation sites excluding steroid dienone is 1. The molecule has 0 amide bonds. The third-order valence-corrected chi connectivity index (χ3v) is 10.6. The average Bonchev–Trinajstić information content (AvgIpc) is 3.41. The molecule has 10 heteroatoms. The fourth-order valence-electron chi connectivity index (χ4n) is 4.65. The molecule has 204 valence electrons. The number of hydrogen-bond donors (Lipinski definition) is 0. The van der Waals surface area contributed by atoms with Gasteiger partial charge >= 0.3 is 0 Å². The van der Waals surface area contributed by atoms with Crippen LogP contribution in [0.4, 0.5) is 0 Å². The van der Waals surface area contributed by atoms with Crippen LogP contribution in [0.25, 0.3) is 23.0 Å². The van der Waals surface area contributed by atoms with E-state index >= 15 is 0 Å². The zero-order valence-corrected chi connectivity index (χ0v) is 23.5. The molecule has 3 aromatic carbocycles. The van der Waals surface area contributed by atoms with E-state index in [2.05, 4.69) is 6.92 Å². The Balaban J connectivity index is 1.63. The number of sulfonamides is 1. The summed E-state index contributed by atoms with van der Waals surface area (Å²) in [5.74, 6) is 0.482. The highest BCUT2D eigenvalue weighted by Crippen LogP contribution is 2.31. The molecule has 1 aliphatic rings. The molecule has 0 aliphatic carbocycles. The highest BCUT2D eigenvalue weighted by atomic mass is 32.2. The van der Waals surface area contributed by atoms with Crippen LogP contribution >= 0.6 is 0 Å². The second-order valence-electron chi connectivity index (χ2n) is 9.76.